The lowest BCUT2D eigenvalue weighted by atomic mass is 9.47. The molecule has 9 heteroatoms. The Labute approximate surface area is 250 Å². The third-order valence-corrected chi connectivity index (χ3v) is 9.16. The molecule has 41 heavy (non-hydrogen) atoms. The van der Waals surface area contributed by atoms with Gasteiger partial charge in [-0.3, -0.25) is 14.4 Å². The lowest BCUT2D eigenvalue weighted by molar-refractivity contribution is -0.122. The molecule has 1 heterocycles. The van der Waals surface area contributed by atoms with Crippen LogP contribution in [0.15, 0.2) is 96.1 Å². The Bertz CT molecular complexity index is 1760. The van der Waals surface area contributed by atoms with Crippen LogP contribution in [-0.2, 0) is 15.0 Å². The highest BCUT2D eigenvalue weighted by atomic mass is 35.5. The van der Waals surface area contributed by atoms with Gasteiger partial charge in [-0.25, -0.2) is 10.3 Å². The Morgan fingerprint density at radius 1 is 0.805 bits per heavy atom. The molecule has 0 unspecified atom stereocenters. The number of imide groups is 1. The molecular weight excluding hydrogens is 581 g/mol. The van der Waals surface area contributed by atoms with Crippen molar-refractivity contribution in [2.24, 2.45) is 16.9 Å². The molecule has 8 rings (SSSR count). The number of nitrogens with zero attached hydrogens (tertiary/aromatic N) is 2. The normalized spacial score (nSPS) is 23.9. The van der Waals surface area contributed by atoms with Crippen molar-refractivity contribution in [3.8, 4) is 0 Å². The Kier molecular flexibility index (Phi) is 6.05. The Morgan fingerprint density at radius 2 is 1.41 bits per heavy atom. The molecule has 1 fully saturated rings. The third kappa shape index (κ3) is 3.71. The van der Waals surface area contributed by atoms with E-state index in [1.54, 1.807) is 42.6 Å². The number of hydrogen-bond donors (Lipinski definition) is 1. The number of carbonyl (C=O) groups excluding carboxylic acids is 3. The number of benzene rings is 4. The highest BCUT2D eigenvalue weighted by Crippen LogP contribution is 2.63. The van der Waals surface area contributed by atoms with Gasteiger partial charge < -0.3 is 0 Å². The van der Waals surface area contributed by atoms with E-state index in [0.717, 1.165) is 22.3 Å². The molecule has 3 amide bonds. The Balaban J connectivity index is 1.40. The molecule has 2 bridgehead atoms. The van der Waals surface area contributed by atoms with Crippen LogP contribution in [0.2, 0.25) is 15.1 Å². The highest BCUT2D eigenvalue weighted by Gasteiger charge is 2.68. The van der Waals surface area contributed by atoms with Gasteiger partial charge in [0.2, 0.25) is 11.8 Å². The van der Waals surface area contributed by atoms with Gasteiger partial charge in [-0.2, -0.15) is 5.10 Å². The van der Waals surface area contributed by atoms with Gasteiger partial charge >= 0.3 is 0 Å². The molecule has 4 aromatic carbocycles. The molecule has 0 aromatic heterocycles. The lowest BCUT2D eigenvalue weighted by Gasteiger charge is -2.52. The molecule has 0 spiro atoms. The number of hydrazone groups is 1. The molecule has 0 radical (unpaired) electrons. The molecular formula is C32H20Cl3N3O3. The van der Waals surface area contributed by atoms with Gasteiger partial charge in [0.05, 0.1) is 28.0 Å². The number of carbonyl (C=O) groups is 3. The molecule has 1 saturated heterocycles. The van der Waals surface area contributed by atoms with Crippen LogP contribution in [0, 0.1) is 11.8 Å². The number of rotatable bonds is 4. The van der Waals surface area contributed by atoms with Crippen molar-refractivity contribution >= 4 is 64.4 Å². The third-order valence-electron chi connectivity index (χ3n) is 8.38. The summed E-state index contributed by atoms with van der Waals surface area (Å²) in [6, 6.07) is 26.8. The SMILES string of the molecule is O=C(N/N=C\C12c3ccccc3C(c3ccccc31)[C@@H]1C(=O)N(c3ccc(Cl)cc3Cl)C(=O)[C@@H]12)c1ccc(Cl)cc1. The van der Waals surface area contributed by atoms with E-state index < -0.39 is 23.2 Å². The molecule has 1 aliphatic heterocycles. The minimum atomic E-state index is -1.12. The van der Waals surface area contributed by atoms with Gasteiger partial charge in [0.25, 0.3) is 5.91 Å². The summed E-state index contributed by atoms with van der Waals surface area (Å²) in [5.41, 5.74) is 5.81. The van der Waals surface area contributed by atoms with E-state index in [4.69, 9.17) is 34.8 Å². The summed E-state index contributed by atoms with van der Waals surface area (Å²) >= 11 is 18.6. The number of nitrogens with one attached hydrogen (secondary N) is 1. The first kappa shape index (κ1) is 26.0. The zero-order chi connectivity index (χ0) is 28.5. The van der Waals surface area contributed by atoms with E-state index in [-0.39, 0.29) is 28.4 Å². The van der Waals surface area contributed by atoms with E-state index >= 15 is 0 Å². The second-order valence-corrected chi connectivity index (χ2v) is 11.6. The summed E-state index contributed by atoms with van der Waals surface area (Å²) in [4.78, 5) is 42.7. The van der Waals surface area contributed by atoms with E-state index in [2.05, 4.69) is 10.5 Å². The first-order valence-electron chi connectivity index (χ1n) is 12.9. The van der Waals surface area contributed by atoms with Crippen LogP contribution in [0.1, 0.15) is 38.5 Å². The first-order chi connectivity index (χ1) is 19.8. The van der Waals surface area contributed by atoms with E-state index in [0.29, 0.717) is 15.6 Å². The summed E-state index contributed by atoms with van der Waals surface area (Å²) < 4.78 is 0. The molecule has 0 saturated carbocycles. The smallest absolute Gasteiger partial charge is 0.271 e. The second-order valence-electron chi connectivity index (χ2n) is 10.3. The molecule has 6 nitrogen and oxygen atoms in total. The van der Waals surface area contributed by atoms with Crippen LogP contribution in [-0.4, -0.2) is 23.9 Å². The first-order valence-corrected chi connectivity index (χ1v) is 14.1. The lowest BCUT2D eigenvalue weighted by Crippen LogP contribution is -2.54. The topological polar surface area (TPSA) is 78.8 Å². The highest BCUT2D eigenvalue weighted by molar-refractivity contribution is 6.38. The molecule has 4 aliphatic rings. The maximum absolute atomic E-state index is 14.4. The van der Waals surface area contributed by atoms with Crippen molar-refractivity contribution in [1.29, 1.82) is 0 Å². The molecule has 1 N–H and O–H groups in total. The Hall–Kier alpha value is -3.97. The van der Waals surface area contributed by atoms with Gasteiger partial charge in [0, 0.05) is 27.7 Å². The van der Waals surface area contributed by atoms with Crippen molar-refractivity contribution in [3.63, 3.8) is 0 Å². The summed E-state index contributed by atoms with van der Waals surface area (Å²) in [6.07, 6.45) is 1.61. The van der Waals surface area contributed by atoms with Crippen LogP contribution in [0.25, 0.3) is 0 Å². The van der Waals surface area contributed by atoms with Crippen molar-refractivity contribution in [2.45, 2.75) is 11.3 Å². The van der Waals surface area contributed by atoms with E-state index in [1.807, 2.05) is 48.5 Å². The predicted octanol–water partition coefficient (Wildman–Crippen LogP) is 6.61. The van der Waals surface area contributed by atoms with E-state index in [9.17, 15) is 14.4 Å². The average Bonchev–Trinajstić information content (AvgIpc) is 3.24. The molecule has 202 valence electrons. The molecule has 2 atom stereocenters. The average molecular weight is 601 g/mol. The van der Waals surface area contributed by atoms with Crippen molar-refractivity contribution < 1.29 is 14.4 Å². The Morgan fingerprint density at radius 3 is 2.05 bits per heavy atom. The van der Waals surface area contributed by atoms with Gasteiger partial charge in [0.15, 0.2) is 0 Å². The zero-order valence-corrected chi connectivity index (χ0v) is 23.5. The van der Waals surface area contributed by atoms with Crippen LogP contribution >= 0.6 is 34.8 Å². The van der Waals surface area contributed by atoms with Gasteiger partial charge in [-0.05, 0) is 64.7 Å². The zero-order valence-electron chi connectivity index (χ0n) is 21.2. The summed E-state index contributed by atoms with van der Waals surface area (Å²) in [6.45, 7) is 0. The summed E-state index contributed by atoms with van der Waals surface area (Å²) in [5.74, 6) is -2.99. The van der Waals surface area contributed by atoms with Crippen molar-refractivity contribution in [2.75, 3.05) is 4.90 Å². The summed E-state index contributed by atoms with van der Waals surface area (Å²) in [5, 5.41) is 5.54. The fourth-order valence-corrected chi connectivity index (χ4v) is 7.43. The predicted molar refractivity (Wildman–Crippen MR) is 159 cm³/mol. The standard InChI is InChI=1S/C32H20Cl3N3O3/c33-18-11-9-17(10-12-18)29(39)37-36-16-32-22-7-3-1-5-20(22)26(21-6-2-4-8-23(21)32)27-28(32)31(41)38(30(27)40)25-14-13-19(34)15-24(25)35/h1-16,26-28H,(H,37,39)/b36-16-/t26?,27-,28+,32?/m0/s1. The molecule has 4 aromatic rings. The fraction of sp³-hybridized carbons (Fsp3) is 0.125. The number of halogens is 3. The maximum atomic E-state index is 14.4. The van der Waals surface area contributed by atoms with Crippen molar-refractivity contribution in [3.05, 3.63) is 134 Å². The minimum absolute atomic E-state index is 0.207. The fourth-order valence-electron chi connectivity index (χ4n) is 6.81. The quantitative estimate of drug-likeness (QED) is 0.163. The van der Waals surface area contributed by atoms with E-state index in [1.165, 1.54) is 11.0 Å². The second kappa shape index (κ2) is 9.55. The maximum Gasteiger partial charge on any atom is 0.271 e. The number of hydrogen-bond acceptors (Lipinski definition) is 4. The monoisotopic (exact) mass is 599 g/mol. The number of anilines is 1. The van der Waals surface area contributed by atoms with Gasteiger partial charge in [-0.1, -0.05) is 83.3 Å². The van der Waals surface area contributed by atoms with Crippen LogP contribution in [0.5, 0.6) is 0 Å². The van der Waals surface area contributed by atoms with Crippen LogP contribution in [0.3, 0.4) is 0 Å². The largest absolute Gasteiger partial charge is 0.274 e. The number of amides is 3. The summed E-state index contributed by atoms with van der Waals surface area (Å²) in [7, 11) is 0. The van der Waals surface area contributed by atoms with Crippen LogP contribution < -0.4 is 10.3 Å². The van der Waals surface area contributed by atoms with Gasteiger partial charge in [-0.15, -0.1) is 0 Å². The van der Waals surface area contributed by atoms with Crippen LogP contribution in [0.4, 0.5) is 5.69 Å². The minimum Gasteiger partial charge on any atom is -0.274 e. The molecule has 3 aliphatic carbocycles. The van der Waals surface area contributed by atoms with Gasteiger partial charge in [0.1, 0.15) is 0 Å². The van der Waals surface area contributed by atoms with Crippen molar-refractivity contribution in [1.82, 2.24) is 5.43 Å².